The summed E-state index contributed by atoms with van der Waals surface area (Å²) < 4.78 is 6.50. The number of amides is 1. The highest BCUT2D eigenvalue weighted by molar-refractivity contribution is 5.69. The summed E-state index contributed by atoms with van der Waals surface area (Å²) >= 11 is 0. The van der Waals surface area contributed by atoms with E-state index in [1.54, 1.807) is 21.8 Å². The number of aromatic nitrogens is 2. The van der Waals surface area contributed by atoms with Crippen molar-refractivity contribution in [2.45, 2.75) is 6.54 Å². The topological polar surface area (TPSA) is 73.4 Å². The number of hydrogen-bond donors (Lipinski definition) is 1. The molecule has 0 atom stereocenters. The van der Waals surface area contributed by atoms with Crippen LogP contribution in [0, 0.1) is 0 Å². The highest BCUT2D eigenvalue weighted by Crippen LogP contribution is 2.03. The molecule has 1 aliphatic heterocycles. The summed E-state index contributed by atoms with van der Waals surface area (Å²) in [6.07, 6.45) is 1.54. The van der Waals surface area contributed by atoms with Crippen LogP contribution in [0.4, 0.5) is 10.6 Å². The van der Waals surface area contributed by atoms with Crippen molar-refractivity contribution in [3.63, 3.8) is 0 Å². The molecule has 2 rings (SSSR count). The average Bonchev–Trinajstić information content (AvgIpc) is 2.72. The van der Waals surface area contributed by atoms with Gasteiger partial charge in [0.05, 0.1) is 13.1 Å². The Labute approximate surface area is 81.2 Å². The molecule has 1 fully saturated rings. The molecule has 1 aliphatic rings. The molecule has 1 amide bonds. The van der Waals surface area contributed by atoms with Crippen LogP contribution in [0.25, 0.3) is 0 Å². The number of nitrogens with zero attached hydrogens (tertiary/aromatic N) is 3. The number of ether oxygens (including phenoxy) is 1. The Kier molecular flexibility index (Phi) is 2.26. The van der Waals surface area contributed by atoms with E-state index in [1.807, 2.05) is 0 Å². The Morgan fingerprint density at radius 3 is 3.00 bits per heavy atom. The van der Waals surface area contributed by atoms with Gasteiger partial charge in [-0.25, -0.2) is 4.79 Å². The molecule has 2 N–H and O–H groups in total. The monoisotopic (exact) mass is 196 g/mol. The van der Waals surface area contributed by atoms with Gasteiger partial charge in [-0.3, -0.25) is 4.68 Å². The lowest BCUT2D eigenvalue weighted by molar-refractivity contribution is 0.157. The molecule has 2 heterocycles. The molecule has 0 unspecified atom stereocenters. The Balaban J connectivity index is 1.85. The molecule has 1 aromatic rings. The van der Waals surface area contributed by atoms with Crippen molar-refractivity contribution in [3.8, 4) is 0 Å². The summed E-state index contributed by atoms with van der Waals surface area (Å²) in [5.41, 5.74) is 5.45. The van der Waals surface area contributed by atoms with Crippen LogP contribution in [0.2, 0.25) is 0 Å². The fourth-order valence-corrected chi connectivity index (χ4v) is 1.35. The minimum absolute atomic E-state index is 0.245. The van der Waals surface area contributed by atoms with Crippen molar-refractivity contribution >= 4 is 11.9 Å². The Morgan fingerprint density at radius 1 is 1.57 bits per heavy atom. The number of rotatable bonds is 3. The van der Waals surface area contributed by atoms with E-state index in [4.69, 9.17) is 10.5 Å². The lowest BCUT2D eigenvalue weighted by atomic mass is 10.5. The number of nitrogens with two attached hydrogens (primary N) is 1. The molecule has 0 aromatic carbocycles. The van der Waals surface area contributed by atoms with Gasteiger partial charge in [0, 0.05) is 12.7 Å². The van der Waals surface area contributed by atoms with E-state index in [0.717, 1.165) is 0 Å². The summed E-state index contributed by atoms with van der Waals surface area (Å²) in [4.78, 5) is 12.7. The normalized spacial score (nSPS) is 16.0. The van der Waals surface area contributed by atoms with E-state index >= 15 is 0 Å². The molecule has 0 saturated carbocycles. The summed E-state index contributed by atoms with van der Waals surface area (Å²) in [5.74, 6) is 0.494. The van der Waals surface area contributed by atoms with Crippen LogP contribution >= 0.6 is 0 Å². The first-order valence-electron chi connectivity index (χ1n) is 4.46. The fourth-order valence-electron chi connectivity index (χ4n) is 1.35. The molecule has 1 saturated heterocycles. The largest absolute Gasteiger partial charge is 0.448 e. The first kappa shape index (κ1) is 8.86. The van der Waals surface area contributed by atoms with Crippen LogP contribution in [-0.2, 0) is 11.3 Å². The van der Waals surface area contributed by atoms with Crippen LogP contribution in [0.15, 0.2) is 12.3 Å². The Hall–Kier alpha value is -1.72. The van der Waals surface area contributed by atoms with Gasteiger partial charge in [0.15, 0.2) is 0 Å². The average molecular weight is 196 g/mol. The van der Waals surface area contributed by atoms with E-state index in [2.05, 4.69) is 5.10 Å². The van der Waals surface area contributed by atoms with Gasteiger partial charge in [0.2, 0.25) is 0 Å². The number of anilines is 1. The highest BCUT2D eigenvalue weighted by Gasteiger charge is 2.21. The van der Waals surface area contributed by atoms with Gasteiger partial charge >= 0.3 is 6.09 Å². The third-order valence-corrected chi connectivity index (χ3v) is 2.11. The molecule has 14 heavy (non-hydrogen) atoms. The third kappa shape index (κ3) is 1.78. The molecular formula is C8H12N4O2. The van der Waals surface area contributed by atoms with Gasteiger partial charge in [-0.15, -0.1) is 0 Å². The molecular weight excluding hydrogens is 184 g/mol. The van der Waals surface area contributed by atoms with Crippen molar-refractivity contribution in [1.82, 2.24) is 14.7 Å². The Morgan fingerprint density at radius 2 is 2.43 bits per heavy atom. The van der Waals surface area contributed by atoms with E-state index in [0.29, 0.717) is 32.1 Å². The molecule has 0 bridgehead atoms. The second-order valence-electron chi connectivity index (χ2n) is 3.11. The highest BCUT2D eigenvalue weighted by atomic mass is 16.6. The zero-order valence-corrected chi connectivity index (χ0v) is 7.72. The minimum Gasteiger partial charge on any atom is -0.448 e. The van der Waals surface area contributed by atoms with E-state index in [-0.39, 0.29) is 6.09 Å². The lowest BCUT2D eigenvalue weighted by Gasteiger charge is -2.11. The maximum Gasteiger partial charge on any atom is 0.410 e. The van der Waals surface area contributed by atoms with Gasteiger partial charge in [0.1, 0.15) is 12.4 Å². The summed E-state index contributed by atoms with van der Waals surface area (Å²) in [7, 11) is 0. The van der Waals surface area contributed by atoms with Crippen LogP contribution < -0.4 is 5.73 Å². The molecule has 6 nitrogen and oxygen atoms in total. The number of cyclic esters (lactones) is 1. The van der Waals surface area contributed by atoms with Crippen molar-refractivity contribution in [3.05, 3.63) is 12.3 Å². The smallest absolute Gasteiger partial charge is 0.410 e. The van der Waals surface area contributed by atoms with E-state index in [9.17, 15) is 4.79 Å². The standard InChI is InChI=1S/C8H12N4O2/c9-7-1-2-12(10-7)4-3-11-5-6-14-8(11)13/h1-2H,3-6H2,(H2,9,10). The zero-order chi connectivity index (χ0) is 9.97. The van der Waals surface area contributed by atoms with Gasteiger partial charge in [-0.05, 0) is 6.07 Å². The summed E-state index contributed by atoms with van der Waals surface area (Å²) in [6.45, 7) is 2.40. The van der Waals surface area contributed by atoms with Crippen LogP contribution in [-0.4, -0.2) is 40.5 Å². The van der Waals surface area contributed by atoms with E-state index in [1.165, 1.54) is 0 Å². The van der Waals surface area contributed by atoms with Crippen LogP contribution in [0.3, 0.4) is 0 Å². The van der Waals surface area contributed by atoms with Gasteiger partial charge in [-0.2, -0.15) is 5.10 Å². The first-order chi connectivity index (χ1) is 6.75. The van der Waals surface area contributed by atoms with Crippen LogP contribution in [0.1, 0.15) is 0 Å². The van der Waals surface area contributed by atoms with Gasteiger partial charge in [0.25, 0.3) is 0 Å². The third-order valence-electron chi connectivity index (χ3n) is 2.11. The quantitative estimate of drug-likeness (QED) is 0.733. The van der Waals surface area contributed by atoms with Crippen molar-refractivity contribution in [2.75, 3.05) is 25.4 Å². The van der Waals surface area contributed by atoms with Crippen molar-refractivity contribution in [2.24, 2.45) is 0 Å². The molecule has 0 aliphatic carbocycles. The molecule has 1 aromatic heterocycles. The second kappa shape index (κ2) is 3.57. The summed E-state index contributed by atoms with van der Waals surface area (Å²) in [5, 5.41) is 4.01. The van der Waals surface area contributed by atoms with E-state index < -0.39 is 0 Å². The number of hydrogen-bond acceptors (Lipinski definition) is 4. The first-order valence-corrected chi connectivity index (χ1v) is 4.46. The molecule has 0 radical (unpaired) electrons. The maximum atomic E-state index is 11.1. The predicted molar refractivity (Wildman–Crippen MR) is 49.6 cm³/mol. The lowest BCUT2D eigenvalue weighted by Crippen LogP contribution is -2.28. The second-order valence-corrected chi connectivity index (χ2v) is 3.11. The van der Waals surface area contributed by atoms with Crippen LogP contribution in [0.5, 0.6) is 0 Å². The molecule has 6 heteroatoms. The SMILES string of the molecule is Nc1ccn(CCN2CCOC2=O)n1. The summed E-state index contributed by atoms with van der Waals surface area (Å²) in [6, 6.07) is 1.72. The Bertz CT molecular complexity index is 336. The maximum absolute atomic E-state index is 11.1. The van der Waals surface area contributed by atoms with Gasteiger partial charge in [-0.1, -0.05) is 0 Å². The van der Waals surface area contributed by atoms with Crippen molar-refractivity contribution in [1.29, 1.82) is 0 Å². The zero-order valence-electron chi connectivity index (χ0n) is 7.72. The molecule has 76 valence electrons. The number of carbonyl (C=O) groups excluding carboxylic acids is 1. The minimum atomic E-state index is -0.245. The fraction of sp³-hybridized carbons (Fsp3) is 0.500. The van der Waals surface area contributed by atoms with Crippen molar-refractivity contribution < 1.29 is 9.53 Å². The number of carbonyl (C=O) groups is 1. The van der Waals surface area contributed by atoms with Gasteiger partial charge < -0.3 is 15.4 Å². The number of nitrogen functional groups attached to an aromatic ring is 1. The predicted octanol–water partition coefficient (Wildman–Crippen LogP) is -0.0825. The molecule has 0 spiro atoms.